The van der Waals surface area contributed by atoms with Crippen LogP contribution in [0.3, 0.4) is 0 Å². The SMILES string of the molecule is CN(C)C(=O)c1ccc(C(F)(F)F)nc1.O=C(c1ccc(Cl)cc1)c1ccc(C(F)(F)F)nc1. The normalized spacial score (nSPS) is 11.3. The fourth-order valence-electron chi connectivity index (χ4n) is 2.41. The van der Waals surface area contributed by atoms with Crippen LogP contribution in [-0.4, -0.2) is 40.7 Å². The van der Waals surface area contributed by atoms with Crippen LogP contribution in [0, 0.1) is 0 Å². The number of aromatic nitrogens is 2. The van der Waals surface area contributed by atoms with E-state index in [1.54, 1.807) is 0 Å². The number of hydrogen-bond donors (Lipinski definition) is 0. The highest BCUT2D eigenvalue weighted by molar-refractivity contribution is 6.30. The highest BCUT2D eigenvalue weighted by atomic mass is 35.5. The van der Waals surface area contributed by atoms with Crippen molar-refractivity contribution < 1.29 is 35.9 Å². The van der Waals surface area contributed by atoms with Crippen LogP contribution in [0.15, 0.2) is 60.9 Å². The molecule has 0 saturated carbocycles. The first-order valence-corrected chi connectivity index (χ1v) is 9.66. The van der Waals surface area contributed by atoms with E-state index in [-0.39, 0.29) is 17.0 Å². The van der Waals surface area contributed by atoms with E-state index in [2.05, 4.69) is 9.97 Å². The number of benzene rings is 1. The average Bonchev–Trinajstić information content (AvgIpc) is 2.78. The van der Waals surface area contributed by atoms with Crippen molar-refractivity contribution in [1.82, 2.24) is 14.9 Å². The maximum absolute atomic E-state index is 12.3. The van der Waals surface area contributed by atoms with Crippen molar-refractivity contribution in [1.29, 1.82) is 0 Å². The first-order valence-electron chi connectivity index (χ1n) is 9.28. The molecule has 3 rings (SSSR count). The zero-order chi connectivity index (χ0) is 25.7. The number of hydrogen-bond acceptors (Lipinski definition) is 4. The molecule has 1 amide bonds. The molecule has 0 fully saturated rings. The minimum atomic E-state index is -4.51. The average molecular weight is 504 g/mol. The Hall–Kier alpha value is -3.47. The van der Waals surface area contributed by atoms with Gasteiger partial charge in [0.1, 0.15) is 11.4 Å². The van der Waals surface area contributed by atoms with Crippen LogP contribution in [0.5, 0.6) is 0 Å². The molecule has 0 bridgehead atoms. The van der Waals surface area contributed by atoms with Crippen LogP contribution in [0.25, 0.3) is 0 Å². The smallest absolute Gasteiger partial charge is 0.345 e. The van der Waals surface area contributed by atoms with Crippen molar-refractivity contribution >= 4 is 23.3 Å². The van der Waals surface area contributed by atoms with Crippen molar-refractivity contribution in [2.24, 2.45) is 0 Å². The molecule has 2 aromatic heterocycles. The highest BCUT2D eigenvalue weighted by Crippen LogP contribution is 2.28. The van der Waals surface area contributed by atoms with Crippen molar-refractivity contribution in [2.75, 3.05) is 14.1 Å². The number of halogens is 7. The third-order valence-electron chi connectivity index (χ3n) is 4.13. The molecule has 2 heterocycles. The summed E-state index contributed by atoms with van der Waals surface area (Å²) < 4.78 is 73.3. The van der Waals surface area contributed by atoms with Crippen molar-refractivity contribution in [3.05, 3.63) is 94.0 Å². The van der Waals surface area contributed by atoms with Gasteiger partial charge in [0.2, 0.25) is 0 Å². The molecule has 0 radical (unpaired) electrons. The summed E-state index contributed by atoms with van der Waals surface area (Å²) in [5.74, 6) is -0.783. The van der Waals surface area contributed by atoms with Crippen LogP contribution in [0.2, 0.25) is 5.02 Å². The second-order valence-electron chi connectivity index (χ2n) is 6.90. The van der Waals surface area contributed by atoms with E-state index in [0.717, 1.165) is 36.7 Å². The predicted octanol–water partition coefficient (Wildman–Crippen LogP) is 5.79. The van der Waals surface area contributed by atoms with Gasteiger partial charge in [-0.3, -0.25) is 19.6 Å². The van der Waals surface area contributed by atoms with Crippen LogP contribution in [0.4, 0.5) is 26.3 Å². The van der Waals surface area contributed by atoms with E-state index < -0.39 is 29.5 Å². The summed E-state index contributed by atoms with van der Waals surface area (Å²) in [4.78, 5) is 31.0. The summed E-state index contributed by atoms with van der Waals surface area (Å²) in [6.07, 6.45) is -7.15. The maximum atomic E-state index is 12.3. The molecule has 5 nitrogen and oxygen atoms in total. The van der Waals surface area contributed by atoms with Gasteiger partial charge in [0.15, 0.2) is 5.78 Å². The second kappa shape index (κ2) is 10.6. The van der Waals surface area contributed by atoms with Crippen LogP contribution in [0.1, 0.15) is 37.7 Å². The molecule has 0 unspecified atom stereocenters. The van der Waals surface area contributed by atoms with Gasteiger partial charge in [0.25, 0.3) is 5.91 Å². The van der Waals surface area contributed by atoms with E-state index >= 15 is 0 Å². The monoisotopic (exact) mass is 503 g/mol. The van der Waals surface area contributed by atoms with E-state index in [0.29, 0.717) is 10.6 Å². The third kappa shape index (κ3) is 7.27. The molecule has 0 N–H and O–H groups in total. The van der Waals surface area contributed by atoms with Crippen LogP contribution in [-0.2, 0) is 12.4 Å². The Balaban J connectivity index is 0.000000248. The molecule has 0 aliphatic rings. The van der Waals surface area contributed by atoms with Crippen molar-refractivity contribution in [2.45, 2.75) is 12.4 Å². The summed E-state index contributed by atoms with van der Waals surface area (Å²) in [6, 6.07) is 9.86. The van der Waals surface area contributed by atoms with E-state index in [9.17, 15) is 35.9 Å². The largest absolute Gasteiger partial charge is 0.433 e. The number of amides is 1. The van der Waals surface area contributed by atoms with Gasteiger partial charge >= 0.3 is 12.4 Å². The van der Waals surface area contributed by atoms with Gasteiger partial charge in [-0.25, -0.2) is 0 Å². The standard InChI is InChI=1S/C13H7ClF3NO.C9H9F3N2O/c14-10-4-1-8(2-5-10)12(19)9-3-6-11(18-7-9)13(15,16)17;1-14(2)8(15)6-3-4-7(13-5-6)9(10,11)12/h1-7H;3-5H,1-2H3. The van der Waals surface area contributed by atoms with Gasteiger partial charge < -0.3 is 4.90 Å². The van der Waals surface area contributed by atoms with Gasteiger partial charge in [-0.15, -0.1) is 0 Å². The summed E-state index contributed by atoms with van der Waals surface area (Å²) in [5, 5.41) is 0.474. The van der Waals surface area contributed by atoms with Gasteiger partial charge in [-0.2, -0.15) is 26.3 Å². The third-order valence-corrected chi connectivity index (χ3v) is 4.38. The minimum absolute atomic E-state index is 0.0929. The number of pyridine rings is 2. The first-order chi connectivity index (χ1) is 15.7. The molecule has 12 heteroatoms. The fraction of sp³-hybridized carbons (Fsp3) is 0.182. The zero-order valence-corrected chi connectivity index (χ0v) is 18.3. The predicted molar refractivity (Wildman–Crippen MR) is 111 cm³/mol. The molecule has 0 aliphatic carbocycles. The Morgan fingerprint density at radius 1 is 0.706 bits per heavy atom. The molecule has 3 aromatic rings. The lowest BCUT2D eigenvalue weighted by atomic mass is 10.1. The number of ketones is 1. The topological polar surface area (TPSA) is 63.2 Å². The lowest BCUT2D eigenvalue weighted by Gasteiger charge is -2.10. The molecular weight excluding hydrogens is 488 g/mol. The quantitative estimate of drug-likeness (QED) is 0.335. The number of rotatable bonds is 3. The van der Waals surface area contributed by atoms with Gasteiger partial charge in [-0.05, 0) is 48.5 Å². The summed E-state index contributed by atoms with van der Waals surface area (Å²) in [7, 11) is 3.03. The second-order valence-corrected chi connectivity index (χ2v) is 7.33. The molecule has 0 aliphatic heterocycles. The van der Waals surface area contributed by atoms with Crippen LogP contribution >= 0.6 is 11.6 Å². The summed E-state index contributed by atoms with van der Waals surface area (Å²) in [5.41, 5.74) is -1.47. The van der Waals surface area contributed by atoms with E-state index in [1.807, 2.05) is 0 Å². The molecule has 180 valence electrons. The van der Waals surface area contributed by atoms with Gasteiger partial charge in [0, 0.05) is 42.6 Å². The Labute approximate surface area is 195 Å². The fourth-order valence-corrected chi connectivity index (χ4v) is 2.54. The number of carbonyl (C=O) groups is 2. The Morgan fingerprint density at radius 2 is 1.12 bits per heavy atom. The van der Waals surface area contributed by atoms with E-state index in [1.165, 1.54) is 43.3 Å². The lowest BCUT2D eigenvalue weighted by Crippen LogP contribution is -2.22. The zero-order valence-electron chi connectivity index (χ0n) is 17.6. The molecular formula is C22H16ClF6N3O2. The minimum Gasteiger partial charge on any atom is -0.345 e. The summed E-state index contributed by atoms with van der Waals surface area (Å²) in [6.45, 7) is 0. The molecule has 0 saturated heterocycles. The van der Waals surface area contributed by atoms with E-state index in [4.69, 9.17) is 11.6 Å². The van der Waals surface area contributed by atoms with Gasteiger partial charge in [0.05, 0.1) is 5.56 Å². The first kappa shape index (κ1) is 26.8. The van der Waals surface area contributed by atoms with Crippen LogP contribution < -0.4 is 0 Å². The maximum Gasteiger partial charge on any atom is 0.433 e. The number of alkyl halides is 6. The Kier molecular flexibility index (Phi) is 8.38. The Morgan fingerprint density at radius 3 is 1.47 bits per heavy atom. The van der Waals surface area contributed by atoms with Crippen molar-refractivity contribution in [3.63, 3.8) is 0 Å². The van der Waals surface area contributed by atoms with Gasteiger partial charge in [-0.1, -0.05) is 11.6 Å². The van der Waals surface area contributed by atoms with Crippen molar-refractivity contribution in [3.8, 4) is 0 Å². The Bertz CT molecular complexity index is 1130. The summed E-state index contributed by atoms with van der Waals surface area (Å²) >= 11 is 5.68. The molecule has 34 heavy (non-hydrogen) atoms. The number of nitrogens with zero attached hydrogens (tertiary/aromatic N) is 3. The molecule has 0 atom stereocenters. The highest BCUT2D eigenvalue weighted by Gasteiger charge is 2.33. The molecule has 0 spiro atoms. The molecule has 1 aromatic carbocycles. The lowest BCUT2D eigenvalue weighted by molar-refractivity contribution is -0.142. The number of carbonyl (C=O) groups excluding carboxylic acids is 2.